The van der Waals surface area contributed by atoms with E-state index in [2.05, 4.69) is 43.3 Å². The van der Waals surface area contributed by atoms with Crippen molar-refractivity contribution in [2.24, 2.45) is 0 Å². The Bertz CT molecular complexity index is 867. The molecule has 0 saturated carbocycles. The molecule has 0 saturated heterocycles. The molecule has 0 unspecified atom stereocenters. The molecule has 1 nitrogen and oxygen atoms in total. The minimum atomic E-state index is 0.314. The highest BCUT2D eigenvalue weighted by Crippen LogP contribution is 2.36. The Morgan fingerprint density at radius 3 is 1.85 bits per heavy atom. The SMILES string of the molecule is Cc1ccc2c3ccc(O)cc3c3ccccc3c2c1. The van der Waals surface area contributed by atoms with Crippen LogP contribution in [0.1, 0.15) is 5.56 Å². The van der Waals surface area contributed by atoms with Crippen LogP contribution in [0.2, 0.25) is 0 Å². The molecule has 4 aromatic carbocycles. The van der Waals surface area contributed by atoms with Crippen molar-refractivity contribution in [3.8, 4) is 5.75 Å². The summed E-state index contributed by atoms with van der Waals surface area (Å²) in [5, 5.41) is 17.1. The molecule has 0 bridgehead atoms. The fourth-order valence-electron chi connectivity index (χ4n) is 3.06. The zero-order valence-electron chi connectivity index (χ0n) is 11.2. The molecule has 0 fully saturated rings. The van der Waals surface area contributed by atoms with E-state index in [0.29, 0.717) is 5.75 Å². The van der Waals surface area contributed by atoms with Crippen LogP contribution in [0.25, 0.3) is 32.3 Å². The van der Waals surface area contributed by atoms with Gasteiger partial charge in [0.25, 0.3) is 0 Å². The van der Waals surface area contributed by atoms with Crippen molar-refractivity contribution in [1.29, 1.82) is 0 Å². The standard InChI is InChI=1S/C19H14O/c1-12-6-8-16-17-9-7-13(20)11-19(17)15-5-3-2-4-14(15)18(16)10-12/h2-11,20H,1H3. The summed E-state index contributed by atoms with van der Waals surface area (Å²) >= 11 is 0. The number of fused-ring (bicyclic) bond motifs is 6. The van der Waals surface area contributed by atoms with Crippen LogP contribution < -0.4 is 0 Å². The maximum Gasteiger partial charge on any atom is 0.116 e. The van der Waals surface area contributed by atoms with Crippen molar-refractivity contribution < 1.29 is 5.11 Å². The molecule has 20 heavy (non-hydrogen) atoms. The van der Waals surface area contributed by atoms with E-state index in [1.807, 2.05) is 18.2 Å². The van der Waals surface area contributed by atoms with Gasteiger partial charge in [0.2, 0.25) is 0 Å². The molecule has 0 heterocycles. The average molecular weight is 258 g/mol. The first-order valence-electron chi connectivity index (χ1n) is 6.78. The van der Waals surface area contributed by atoms with Gasteiger partial charge in [-0.05, 0) is 51.4 Å². The van der Waals surface area contributed by atoms with Crippen LogP contribution in [0, 0.1) is 6.92 Å². The highest BCUT2D eigenvalue weighted by atomic mass is 16.3. The van der Waals surface area contributed by atoms with E-state index in [1.54, 1.807) is 6.07 Å². The van der Waals surface area contributed by atoms with Crippen LogP contribution >= 0.6 is 0 Å². The fraction of sp³-hybridized carbons (Fsp3) is 0.0526. The van der Waals surface area contributed by atoms with Crippen molar-refractivity contribution in [1.82, 2.24) is 0 Å². The monoisotopic (exact) mass is 258 g/mol. The number of rotatable bonds is 0. The Kier molecular flexibility index (Phi) is 2.25. The molecule has 1 heteroatoms. The second-order valence-corrected chi connectivity index (χ2v) is 5.32. The maximum atomic E-state index is 9.81. The summed E-state index contributed by atoms with van der Waals surface area (Å²) < 4.78 is 0. The molecule has 0 aliphatic carbocycles. The van der Waals surface area contributed by atoms with Crippen LogP contribution in [0.4, 0.5) is 0 Å². The molecule has 1 N–H and O–H groups in total. The Morgan fingerprint density at radius 1 is 0.600 bits per heavy atom. The van der Waals surface area contributed by atoms with Gasteiger partial charge in [-0.3, -0.25) is 0 Å². The zero-order valence-corrected chi connectivity index (χ0v) is 11.2. The van der Waals surface area contributed by atoms with E-state index >= 15 is 0 Å². The highest BCUT2D eigenvalue weighted by Gasteiger charge is 2.08. The van der Waals surface area contributed by atoms with Crippen molar-refractivity contribution in [3.05, 3.63) is 66.2 Å². The first-order valence-corrected chi connectivity index (χ1v) is 6.78. The molecule has 4 aromatic rings. The lowest BCUT2D eigenvalue weighted by Gasteiger charge is -2.11. The third kappa shape index (κ3) is 1.50. The van der Waals surface area contributed by atoms with Gasteiger partial charge in [-0.25, -0.2) is 0 Å². The Balaban J connectivity index is 2.40. The van der Waals surface area contributed by atoms with Gasteiger partial charge in [-0.1, -0.05) is 54.1 Å². The predicted octanol–water partition coefficient (Wildman–Crippen LogP) is 5.16. The number of hydrogen-bond donors (Lipinski definition) is 1. The quantitative estimate of drug-likeness (QED) is 0.432. The van der Waals surface area contributed by atoms with Gasteiger partial charge in [0.15, 0.2) is 0 Å². The van der Waals surface area contributed by atoms with Gasteiger partial charge in [-0.2, -0.15) is 0 Å². The van der Waals surface area contributed by atoms with Gasteiger partial charge < -0.3 is 5.11 Å². The van der Waals surface area contributed by atoms with Crippen LogP contribution in [-0.4, -0.2) is 5.11 Å². The minimum Gasteiger partial charge on any atom is -0.508 e. The van der Waals surface area contributed by atoms with E-state index in [4.69, 9.17) is 0 Å². The van der Waals surface area contributed by atoms with Gasteiger partial charge in [0, 0.05) is 0 Å². The molecule has 0 amide bonds. The summed E-state index contributed by atoms with van der Waals surface area (Å²) in [4.78, 5) is 0. The Labute approximate surface area is 117 Å². The smallest absolute Gasteiger partial charge is 0.116 e. The number of aryl methyl sites for hydroxylation is 1. The number of phenols is 1. The normalized spacial score (nSPS) is 11.4. The second kappa shape index (κ2) is 3.97. The van der Waals surface area contributed by atoms with Gasteiger partial charge in [-0.15, -0.1) is 0 Å². The van der Waals surface area contributed by atoms with Crippen molar-refractivity contribution in [3.63, 3.8) is 0 Å². The average Bonchev–Trinajstić information content (AvgIpc) is 2.47. The van der Waals surface area contributed by atoms with Crippen molar-refractivity contribution in [2.45, 2.75) is 6.92 Å². The lowest BCUT2D eigenvalue weighted by molar-refractivity contribution is 0.476. The maximum absolute atomic E-state index is 9.81. The fourth-order valence-corrected chi connectivity index (χ4v) is 3.06. The molecule has 0 aliphatic rings. The van der Waals surface area contributed by atoms with Gasteiger partial charge >= 0.3 is 0 Å². The van der Waals surface area contributed by atoms with Crippen molar-refractivity contribution in [2.75, 3.05) is 0 Å². The van der Waals surface area contributed by atoms with E-state index in [0.717, 1.165) is 5.39 Å². The third-order valence-electron chi connectivity index (χ3n) is 3.98. The largest absolute Gasteiger partial charge is 0.508 e. The molecule has 0 radical (unpaired) electrons. The highest BCUT2D eigenvalue weighted by molar-refractivity contribution is 6.25. The molecule has 0 aromatic heterocycles. The number of benzene rings is 4. The molecule has 96 valence electrons. The van der Waals surface area contributed by atoms with Crippen LogP contribution in [-0.2, 0) is 0 Å². The van der Waals surface area contributed by atoms with E-state index < -0.39 is 0 Å². The first-order chi connectivity index (χ1) is 9.74. The Morgan fingerprint density at radius 2 is 1.15 bits per heavy atom. The van der Waals surface area contributed by atoms with Crippen LogP contribution in [0.3, 0.4) is 0 Å². The summed E-state index contributed by atoms with van der Waals surface area (Å²) in [6.07, 6.45) is 0. The molecule has 4 rings (SSSR count). The number of phenolic OH excluding ortho intramolecular Hbond substituents is 1. The number of aromatic hydroxyl groups is 1. The molecule has 0 atom stereocenters. The van der Waals surface area contributed by atoms with Gasteiger partial charge in [0.05, 0.1) is 0 Å². The van der Waals surface area contributed by atoms with Crippen LogP contribution in [0.15, 0.2) is 60.7 Å². The van der Waals surface area contributed by atoms with E-state index in [1.165, 1.54) is 32.5 Å². The van der Waals surface area contributed by atoms with Crippen LogP contribution in [0.5, 0.6) is 5.75 Å². The summed E-state index contributed by atoms with van der Waals surface area (Å²) in [6.45, 7) is 2.12. The molecular formula is C19H14O. The first kappa shape index (κ1) is 11.3. The Hall–Kier alpha value is -2.54. The molecular weight excluding hydrogens is 244 g/mol. The summed E-state index contributed by atoms with van der Waals surface area (Å²) in [5.74, 6) is 0.314. The predicted molar refractivity (Wildman–Crippen MR) is 85.4 cm³/mol. The summed E-state index contributed by atoms with van der Waals surface area (Å²) in [5.41, 5.74) is 1.26. The van der Waals surface area contributed by atoms with E-state index in [9.17, 15) is 5.11 Å². The van der Waals surface area contributed by atoms with E-state index in [-0.39, 0.29) is 0 Å². The minimum absolute atomic E-state index is 0.314. The zero-order chi connectivity index (χ0) is 13.7. The third-order valence-corrected chi connectivity index (χ3v) is 3.98. The van der Waals surface area contributed by atoms with Crippen molar-refractivity contribution >= 4 is 32.3 Å². The summed E-state index contributed by atoms with van der Waals surface area (Å²) in [6, 6.07) is 20.6. The topological polar surface area (TPSA) is 20.2 Å². The lowest BCUT2D eigenvalue weighted by Crippen LogP contribution is -1.84. The molecule has 0 spiro atoms. The number of hydrogen-bond acceptors (Lipinski definition) is 1. The second-order valence-electron chi connectivity index (χ2n) is 5.32. The van der Waals surface area contributed by atoms with Gasteiger partial charge in [0.1, 0.15) is 5.75 Å². The molecule has 0 aliphatic heterocycles. The summed E-state index contributed by atoms with van der Waals surface area (Å²) in [7, 11) is 0. The lowest BCUT2D eigenvalue weighted by atomic mass is 9.93.